The van der Waals surface area contributed by atoms with Gasteiger partial charge in [0.2, 0.25) is 5.91 Å². The molecular weight excluding hydrogens is 372 g/mol. The van der Waals surface area contributed by atoms with Crippen LogP contribution in [0.1, 0.15) is 86.8 Å². The first kappa shape index (κ1) is 18.9. The SMILES string of the molecule is O=C1N2CCCCC=CCCc3cc4c(o3)[C@@H]3N5CCCCC=C[C@H]5C[C@@]13[C@H]4CC2. The van der Waals surface area contributed by atoms with Crippen molar-refractivity contribution >= 4 is 5.91 Å². The van der Waals surface area contributed by atoms with Crippen LogP contribution >= 0.6 is 0 Å². The highest BCUT2D eigenvalue weighted by atomic mass is 16.3. The Balaban J connectivity index is 1.47. The number of rotatable bonds is 0. The van der Waals surface area contributed by atoms with E-state index in [0.717, 1.165) is 69.7 Å². The van der Waals surface area contributed by atoms with Gasteiger partial charge in [0.15, 0.2) is 0 Å². The lowest BCUT2D eigenvalue weighted by atomic mass is 9.67. The number of carbonyl (C=O) groups is 1. The summed E-state index contributed by atoms with van der Waals surface area (Å²) in [5.74, 6) is 3.01. The lowest BCUT2D eigenvalue weighted by Crippen LogP contribution is -2.52. The van der Waals surface area contributed by atoms with E-state index < -0.39 is 0 Å². The van der Waals surface area contributed by atoms with Crippen LogP contribution in [-0.2, 0) is 11.2 Å². The van der Waals surface area contributed by atoms with Gasteiger partial charge in [-0.05, 0) is 76.0 Å². The molecule has 6 aliphatic heterocycles. The van der Waals surface area contributed by atoms with Gasteiger partial charge < -0.3 is 9.32 Å². The lowest BCUT2D eigenvalue weighted by Gasteiger charge is -2.44. The topological polar surface area (TPSA) is 36.7 Å². The summed E-state index contributed by atoms with van der Waals surface area (Å²) >= 11 is 0. The molecule has 0 aromatic carbocycles. The Labute approximate surface area is 180 Å². The van der Waals surface area contributed by atoms with Crippen molar-refractivity contribution in [2.75, 3.05) is 19.6 Å². The van der Waals surface area contributed by atoms with Crippen LogP contribution < -0.4 is 0 Å². The number of nitrogens with zero attached hydrogens (tertiary/aromatic N) is 2. The molecule has 160 valence electrons. The van der Waals surface area contributed by atoms with Gasteiger partial charge in [0.1, 0.15) is 11.5 Å². The van der Waals surface area contributed by atoms with Gasteiger partial charge in [-0.1, -0.05) is 24.3 Å². The molecule has 6 bridgehead atoms. The van der Waals surface area contributed by atoms with Gasteiger partial charge in [-0.25, -0.2) is 0 Å². The van der Waals surface area contributed by atoms with Crippen molar-refractivity contribution in [2.24, 2.45) is 5.41 Å². The van der Waals surface area contributed by atoms with E-state index in [1.54, 1.807) is 0 Å². The van der Waals surface area contributed by atoms with Gasteiger partial charge in [0, 0.05) is 31.5 Å². The van der Waals surface area contributed by atoms with Crippen molar-refractivity contribution in [1.82, 2.24) is 9.80 Å². The first-order valence-electron chi connectivity index (χ1n) is 12.3. The van der Waals surface area contributed by atoms with E-state index in [1.807, 2.05) is 0 Å². The quantitative estimate of drug-likeness (QED) is 0.561. The van der Waals surface area contributed by atoms with E-state index in [4.69, 9.17) is 4.42 Å². The van der Waals surface area contributed by atoms with Crippen LogP contribution in [0.2, 0.25) is 0 Å². The lowest BCUT2D eigenvalue weighted by molar-refractivity contribution is -0.149. The smallest absolute Gasteiger partial charge is 0.231 e. The second kappa shape index (κ2) is 7.40. The summed E-state index contributed by atoms with van der Waals surface area (Å²) in [5, 5.41) is 0. The standard InChI is InChI=1S/C26H34N2O2/c29-25-26-18-19-11-7-4-6-10-15-28(19)24(26)23-21-17-20(30-23)12-8-3-1-2-5-9-14-27(25)16-13-22(21)26/h1,3,7,11,17,19,22,24H,2,4-6,8-10,12-16,18H2/t19-,22-,24-,26-/m0/s1. The molecule has 4 nitrogen and oxygen atoms in total. The minimum absolute atomic E-state index is 0.134. The van der Waals surface area contributed by atoms with Crippen LogP contribution in [0.5, 0.6) is 0 Å². The van der Waals surface area contributed by atoms with Crippen LogP contribution in [0.4, 0.5) is 0 Å². The molecular formula is C26H34N2O2. The summed E-state index contributed by atoms with van der Waals surface area (Å²) in [6.45, 7) is 2.91. The molecule has 4 heteroatoms. The number of allylic oxidation sites excluding steroid dienone is 3. The predicted molar refractivity (Wildman–Crippen MR) is 117 cm³/mol. The summed E-state index contributed by atoms with van der Waals surface area (Å²) in [5.41, 5.74) is 1.06. The van der Waals surface area contributed by atoms with Gasteiger partial charge >= 0.3 is 0 Å². The average molecular weight is 407 g/mol. The van der Waals surface area contributed by atoms with E-state index in [1.165, 1.54) is 31.2 Å². The molecule has 4 atom stereocenters. The molecule has 0 saturated carbocycles. The van der Waals surface area contributed by atoms with Crippen molar-refractivity contribution < 1.29 is 9.21 Å². The number of hydrogen-bond acceptors (Lipinski definition) is 3. The third kappa shape index (κ3) is 2.72. The molecule has 2 fully saturated rings. The number of carbonyl (C=O) groups excluding carboxylic acids is 1. The zero-order valence-electron chi connectivity index (χ0n) is 18.0. The molecule has 1 aliphatic carbocycles. The average Bonchev–Trinajstić information content (AvgIpc) is 3.32. The predicted octanol–water partition coefficient (Wildman–Crippen LogP) is 5.12. The number of fused-ring (bicyclic) bond motifs is 2. The van der Waals surface area contributed by atoms with Crippen LogP contribution in [-0.4, -0.2) is 41.4 Å². The van der Waals surface area contributed by atoms with Gasteiger partial charge in [-0.3, -0.25) is 9.69 Å². The first-order valence-corrected chi connectivity index (χ1v) is 12.3. The van der Waals surface area contributed by atoms with Crippen LogP contribution in [0.15, 0.2) is 34.8 Å². The highest BCUT2D eigenvalue weighted by Crippen LogP contribution is 2.67. The van der Waals surface area contributed by atoms with E-state index in [2.05, 4.69) is 40.2 Å². The summed E-state index contributed by atoms with van der Waals surface area (Å²) < 4.78 is 6.59. The molecule has 1 amide bonds. The molecule has 0 N–H and O–H groups in total. The van der Waals surface area contributed by atoms with Crippen LogP contribution in [0, 0.1) is 5.41 Å². The van der Waals surface area contributed by atoms with E-state index >= 15 is 0 Å². The molecule has 8 rings (SSSR count). The minimum Gasteiger partial charge on any atom is -0.464 e. The Bertz CT molecular complexity index is 884. The Morgan fingerprint density at radius 3 is 2.73 bits per heavy atom. The molecule has 0 radical (unpaired) electrons. The maximum absolute atomic E-state index is 14.1. The fraction of sp³-hybridized carbons (Fsp3) is 0.654. The third-order valence-corrected chi connectivity index (χ3v) is 8.42. The minimum atomic E-state index is -0.303. The number of hydrogen-bond donors (Lipinski definition) is 0. The molecule has 30 heavy (non-hydrogen) atoms. The number of aryl methyl sites for hydroxylation is 1. The maximum atomic E-state index is 14.1. The largest absolute Gasteiger partial charge is 0.464 e. The van der Waals surface area contributed by atoms with E-state index in [0.29, 0.717) is 17.9 Å². The Morgan fingerprint density at radius 1 is 0.967 bits per heavy atom. The molecule has 2 saturated heterocycles. The molecule has 0 unspecified atom stereocenters. The van der Waals surface area contributed by atoms with Crippen molar-refractivity contribution in [1.29, 1.82) is 0 Å². The van der Waals surface area contributed by atoms with Crippen molar-refractivity contribution in [3.63, 3.8) is 0 Å². The Hall–Kier alpha value is -1.81. The number of furan rings is 1. The zero-order chi connectivity index (χ0) is 20.1. The summed E-state index contributed by atoms with van der Waals surface area (Å²) in [6, 6.07) is 2.84. The fourth-order valence-corrected chi connectivity index (χ4v) is 7.11. The van der Waals surface area contributed by atoms with Crippen molar-refractivity contribution in [3.8, 4) is 0 Å². The molecule has 7 aliphatic rings. The van der Waals surface area contributed by atoms with Gasteiger partial charge in [0.25, 0.3) is 0 Å². The Kier molecular flexibility index (Phi) is 4.67. The second-order valence-corrected chi connectivity index (χ2v) is 10.0. The van der Waals surface area contributed by atoms with Crippen LogP contribution in [0.3, 0.4) is 0 Å². The fourth-order valence-electron chi connectivity index (χ4n) is 7.11. The summed E-state index contributed by atoms with van der Waals surface area (Å²) in [7, 11) is 0. The highest BCUT2D eigenvalue weighted by molar-refractivity contribution is 5.88. The normalized spacial score (nSPS) is 36.3. The maximum Gasteiger partial charge on any atom is 0.231 e. The number of piperidine rings is 1. The highest BCUT2D eigenvalue weighted by Gasteiger charge is 2.68. The zero-order valence-corrected chi connectivity index (χ0v) is 18.0. The molecule has 1 aromatic rings. The summed E-state index contributed by atoms with van der Waals surface area (Å²) in [4.78, 5) is 19.0. The molecule has 7 heterocycles. The van der Waals surface area contributed by atoms with Gasteiger partial charge in [-0.15, -0.1) is 0 Å². The second-order valence-electron chi connectivity index (χ2n) is 10.0. The monoisotopic (exact) mass is 406 g/mol. The van der Waals surface area contributed by atoms with Crippen molar-refractivity contribution in [2.45, 2.75) is 82.2 Å². The van der Waals surface area contributed by atoms with Gasteiger partial charge in [0.05, 0.1) is 11.5 Å². The van der Waals surface area contributed by atoms with Gasteiger partial charge in [-0.2, -0.15) is 0 Å². The molecule has 1 spiro atoms. The number of amides is 1. The van der Waals surface area contributed by atoms with Crippen molar-refractivity contribution in [3.05, 3.63) is 47.5 Å². The Morgan fingerprint density at radius 2 is 1.80 bits per heavy atom. The van der Waals surface area contributed by atoms with E-state index in [9.17, 15) is 4.79 Å². The van der Waals surface area contributed by atoms with Crippen LogP contribution in [0.25, 0.3) is 0 Å². The third-order valence-electron chi connectivity index (χ3n) is 8.42. The summed E-state index contributed by atoms with van der Waals surface area (Å²) in [6.07, 6.45) is 20.5. The first-order chi connectivity index (χ1) is 14.8. The van der Waals surface area contributed by atoms with E-state index in [-0.39, 0.29) is 11.5 Å². The molecule has 1 aromatic heterocycles.